The van der Waals surface area contributed by atoms with Crippen molar-refractivity contribution in [2.45, 2.75) is 26.5 Å². The first kappa shape index (κ1) is 15.6. The van der Waals surface area contributed by atoms with Gasteiger partial charge in [0, 0.05) is 30.7 Å². The molecule has 1 saturated heterocycles. The van der Waals surface area contributed by atoms with E-state index in [0.717, 1.165) is 59.4 Å². The number of aromatic nitrogens is 3. The summed E-state index contributed by atoms with van der Waals surface area (Å²) in [4.78, 5) is 16.5. The van der Waals surface area contributed by atoms with Crippen molar-refractivity contribution in [3.8, 4) is 0 Å². The second kappa shape index (κ2) is 6.55. The Labute approximate surface area is 145 Å². The highest BCUT2D eigenvalue weighted by Gasteiger charge is 2.25. The van der Waals surface area contributed by atoms with Gasteiger partial charge in [-0.2, -0.15) is 0 Å². The van der Waals surface area contributed by atoms with Gasteiger partial charge in [-0.1, -0.05) is 12.1 Å². The molecule has 6 heteroatoms. The molecule has 1 aliphatic heterocycles. The minimum atomic E-state index is 0.0613. The van der Waals surface area contributed by atoms with E-state index in [0.29, 0.717) is 0 Å². The fourth-order valence-electron chi connectivity index (χ4n) is 3.00. The standard InChI is InChI=1S/C18H20N4OS/c1-12-11-24-18(19-12)17-10-22(7-8-23-17)9-16-13(2)20-14-5-3-4-6-15(14)21-16/h3-6,11,17H,7-10H2,1-2H3/t17-/m0/s1. The summed E-state index contributed by atoms with van der Waals surface area (Å²) in [5.41, 5.74) is 5.02. The molecule has 5 nitrogen and oxygen atoms in total. The van der Waals surface area contributed by atoms with Crippen molar-refractivity contribution >= 4 is 22.4 Å². The lowest BCUT2D eigenvalue weighted by Gasteiger charge is -2.31. The van der Waals surface area contributed by atoms with E-state index in [1.165, 1.54) is 0 Å². The van der Waals surface area contributed by atoms with E-state index >= 15 is 0 Å². The van der Waals surface area contributed by atoms with Crippen LogP contribution < -0.4 is 0 Å². The minimum Gasteiger partial charge on any atom is -0.368 e. The Hall–Kier alpha value is -1.89. The molecular formula is C18H20N4OS. The maximum atomic E-state index is 5.92. The number of benzene rings is 1. The van der Waals surface area contributed by atoms with Gasteiger partial charge in [-0.25, -0.2) is 15.0 Å². The lowest BCUT2D eigenvalue weighted by molar-refractivity contribution is -0.0334. The third-order valence-electron chi connectivity index (χ3n) is 4.28. The Morgan fingerprint density at radius 3 is 2.71 bits per heavy atom. The molecule has 0 radical (unpaired) electrons. The summed E-state index contributed by atoms with van der Waals surface area (Å²) in [7, 11) is 0. The molecule has 1 aromatic carbocycles. The average molecular weight is 340 g/mol. The van der Waals surface area contributed by atoms with E-state index in [2.05, 4.69) is 15.3 Å². The third-order valence-corrected chi connectivity index (χ3v) is 5.33. The SMILES string of the molecule is Cc1csc([C@@H]2CN(Cc3nc4ccccc4nc3C)CCO2)n1. The molecule has 1 atom stereocenters. The smallest absolute Gasteiger partial charge is 0.123 e. The first-order valence-electron chi connectivity index (χ1n) is 8.17. The Bertz CT molecular complexity index is 863. The molecule has 0 unspecified atom stereocenters. The normalized spacial score (nSPS) is 19.0. The van der Waals surface area contributed by atoms with E-state index in [1.807, 2.05) is 38.1 Å². The molecule has 3 aromatic rings. The Kier molecular flexibility index (Phi) is 4.26. The number of fused-ring (bicyclic) bond motifs is 1. The Balaban J connectivity index is 1.53. The Morgan fingerprint density at radius 2 is 1.96 bits per heavy atom. The van der Waals surface area contributed by atoms with Crippen molar-refractivity contribution < 1.29 is 4.74 Å². The molecule has 0 bridgehead atoms. The molecule has 0 amide bonds. The van der Waals surface area contributed by atoms with Crippen LogP contribution in [0.5, 0.6) is 0 Å². The highest BCUT2D eigenvalue weighted by Crippen LogP contribution is 2.26. The van der Waals surface area contributed by atoms with Crippen LogP contribution in [0.1, 0.15) is 28.2 Å². The first-order chi connectivity index (χ1) is 11.7. The van der Waals surface area contributed by atoms with Gasteiger partial charge in [0.25, 0.3) is 0 Å². The molecule has 0 N–H and O–H groups in total. The zero-order valence-corrected chi connectivity index (χ0v) is 14.7. The largest absolute Gasteiger partial charge is 0.368 e. The maximum absolute atomic E-state index is 5.92. The molecule has 1 fully saturated rings. The summed E-state index contributed by atoms with van der Waals surface area (Å²) in [5.74, 6) is 0. The molecule has 124 valence electrons. The molecule has 0 aliphatic carbocycles. The molecule has 24 heavy (non-hydrogen) atoms. The molecule has 4 rings (SSSR count). The summed E-state index contributed by atoms with van der Waals surface area (Å²) in [6.07, 6.45) is 0.0613. The van der Waals surface area contributed by atoms with Crippen LogP contribution in [-0.2, 0) is 11.3 Å². The van der Waals surface area contributed by atoms with Gasteiger partial charge in [0.15, 0.2) is 0 Å². The van der Waals surface area contributed by atoms with Crippen molar-refractivity contribution in [2.24, 2.45) is 0 Å². The molecule has 0 spiro atoms. The van der Waals surface area contributed by atoms with E-state index < -0.39 is 0 Å². The molecule has 3 heterocycles. The number of rotatable bonds is 3. The van der Waals surface area contributed by atoms with Gasteiger partial charge < -0.3 is 4.74 Å². The second-order valence-corrected chi connectivity index (χ2v) is 7.06. The molecule has 1 aliphatic rings. The summed E-state index contributed by atoms with van der Waals surface area (Å²) in [5, 5.41) is 3.15. The fourth-order valence-corrected chi connectivity index (χ4v) is 3.84. The minimum absolute atomic E-state index is 0.0613. The molecular weight excluding hydrogens is 320 g/mol. The van der Waals surface area contributed by atoms with Gasteiger partial charge in [0.1, 0.15) is 11.1 Å². The van der Waals surface area contributed by atoms with Gasteiger partial charge >= 0.3 is 0 Å². The zero-order chi connectivity index (χ0) is 16.5. The predicted octanol–water partition coefficient (Wildman–Crippen LogP) is 3.28. The van der Waals surface area contributed by atoms with Gasteiger partial charge in [0.2, 0.25) is 0 Å². The van der Waals surface area contributed by atoms with E-state index in [9.17, 15) is 0 Å². The topological polar surface area (TPSA) is 51.1 Å². The van der Waals surface area contributed by atoms with Crippen LogP contribution in [0.3, 0.4) is 0 Å². The van der Waals surface area contributed by atoms with E-state index in [1.54, 1.807) is 11.3 Å². The number of para-hydroxylation sites is 2. The van der Waals surface area contributed by atoms with Crippen LogP contribution in [0, 0.1) is 13.8 Å². The number of hydrogen-bond donors (Lipinski definition) is 0. The lowest BCUT2D eigenvalue weighted by atomic mass is 10.2. The predicted molar refractivity (Wildman–Crippen MR) is 95.1 cm³/mol. The van der Waals surface area contributed by atoms with Gasteiger partial charge in [-0.05, 0) is 26.0 Å². The van der Waals surface area contributed by atoms with Crippen molar-refractivity contribution in [3.05, 3.63) is 51.7 Å². The first-order valence-corrected chi connectivity index (χ1v) is 9.05. The maximum Gasteiger partial charge on any atom is 0.123 e. The van der Waals surface area contributed by atoms with Crippen molar-refractivity contribution in [2.75, 3.05) is 19.7 Å². The molecule has 0 saturated carbocycles. The van der Waals surface area contributed by atoms with Crippen LogP contribution in [-0.4, -0.2) is 39.5 Å². The van der Waals surface area contributed by atoms with Crippen LogP contribution in [0.4, 0.5) is 0 Å². The quantitative estimate of drug-likeness (QED) is 0.732. The van der Waals surface area contributed by atoms with Gasteiger partial charge in [0.05, 0.1) is 29.0 Å². The number of morpholine rings is 1. The average Bonchev–Trinajstić information content (AvgIpc) is 3.02. The number of thiazole rings is 1. The Morgan fingerprint density at radius 1 is 1.17 bits per heavy atom. The number of aryl methyl sites for hydroxylation is 2. The van der Waals surface area contributed by atoms with Gasteiger partial charge in [-0.15, -0.1) is 11.3 Å². The lowest BCUT2D eigenvalue weighted by Crippen LogP contribution is -2.38. The zero-order valence-electron chi connectivity index (χ0n) is 13.9. The van der Waals surface area contributed by atoms with Crippen LogP contribution in [0.15, 0.2) is 29.6 Å². The van der Waals surface area contributed by atoms with E-state index in [4.69, 9.17) is 14.7 Å². The number of hydrogen-bond acceptors (Lipinski definition) is 6. The van der Waals surface area contributed by atoms with Crippen molar-refractivity contribution in [1.82, 2.24) is 19.9 Å². The van der Waals surface area contributed by atoms with Crippen molar-refractivity contribution in [3.63, 3.8) is 0 Å². The highest BCUT2D eigenvalue weighted by molar-refractivity contribution is 7.09. The summed E-state index contributed by atoms with van der Waals surface area (Å²) in [6.45, 7) is 7.35. The molecule has 2 aromatic heterocycles. The monoisotopic (exact) mass is 340 g/mol. The highest BCUT2D eigenvalue weighted by atomic mass is 32.1. The summed E-state index contributed by atoms with van der Waals surface area (Å²) >= 11 is 1.68. The van der Waals surface area contributed by atoms with Crippen LogP contribution in [0.25, 0.3) is 11.0 Å². The number of ether oxygens (including phenoxy) is 1. The van der Waals surface area contributed by atoms with E-state index in [-0.39, 0.29) is 6.10 Å². The third kappa shape index (κ3) is 3.17. The fraction of sp³-hybridized carbons (Fsp3) is 0.389. The number of nitrogens with zero attached hydrogens (tertiary/aromatic N) is 4. The summed E-state index contributed by atoms with van der Waals surface area (Å²) in [6, 6.07) is 8.03. The van der Waals surface area contributed by atoms with Crippen LogP contribution in [0.2, 0.25) is 0 Å². The van der Waals surface area contributed by atoms with Crippen molar-refractivity contribution in [1.29, 1.82) is 0 Å². The summed E-state index contributed by atoms with van der Waals surface area (Å²) < 4.78 is 5.92. The van der Waals surface area contributed by atoms with Crippen LogP contribution >= 0.6 is 11.3 Å². The van der Waals surface area contributed by atoms with Gasteiger partial charge in [-0.3, -0.25) is 4.90 Å². The second-order valence-electron chi connectivity index (χ2n) is 6.17.